The molecule has 0 aromatic carbocycles. The van der Waals surface area contributed by atoms with Gasteiger partial charge in [0.2, 0.25) is 5.91 Å². The number of carboxylic acid groups (broad SMARTS) is 1. The Morgan fingerprint density at radius 3 is 2.65 bits per heavy atom. The molecule has 6 rings (SSSR count). The standard InChI is InChI=1S/C26H35N5O3/c1-18-6-5-7-21(27-18)22-16-31(30-29-22)9-4-2-3-8-23(32)28-26-13-19-10-20(14-26)12-25(11-19,17-26)15-24(33)34/h5-7,16,19-20H,2-4,8-15,17H2,1H3,(H,28,32)(H,33,34). The van der Waals surface area contributed by atoms with E-state index in [1.165, 1.54) is 6.42 Å². The van der Waals surface area contributed by atoms with Crippen molar-refractivity contribution in [3.05, 3.63) is 30.1 Å². The molecule has 0 spiro atoms. The van der Waals surface area contributed by atoms with Crippen molar-refractivity contribution in [2.45, 2.75) is 89.6 Å². The Morgan fingerprint density at radius 1 is 1.12 bits per heavy atom. The van der Waals surface area contributed by atoms with Crippen LogP contribution < -0.4 is 5.32 Å². The van der Waals surface area contributed by atoms with Gasteiger partial charge in [-0.15, -0.1) is 5.10 Å². The number of amides is 1. The maximum absolute atomic E-state index is 12.8. The van der Waals surface area contributed by atoms with Crippen molar-refractivity contribution in [3.8, 4) is 11.4 Å². The molecule has 1 amide bonds. The smallest absolute Gasteiger partial charge is 0.303 e. The van der Waals surface area contributed by atoms with Crippen LogP contribution in [0.15, 0.2) is 24.4 Å². The summed E-state index contributed by atoms with van der Waals surface area (Å²) < 4.78 is 1.84. The Morgan fingerprint density at radius 2 is 1.91 bits per heavy atom. The number of carboxylic acids is 1. The zero-order valence-electron chi connectivity index (χ0n) is 20.0. The molecule has 4 aliphatic rings. The highest BCUT2D eigenvalue weighted by atomic mass is 16.4. The third-order valence-electron chi connectivity index (χ3n) is 8.09. The number of unbranched alkanes of at least 4 members (excludes halogenated alkanes) is 2. The highest BCUT2D eigenvalue weighted by Crippen LogP contribution is 2.62. The van der Waals surface area contributed by atoms with E-state index in [1.807, 2.05) is 36.0 Å². The van der Waals surface area contributed by atoms with Crippen LogP contribution in [0.25, 0.3) is 11.4 Å². The minimum atomic E-state index is -0.696. The summed E-state index contributed by atoms with van der Waals surface area (Å²) in [5.41, 5.74) is 2.29. The largest absolute Gasteiger partial charge is 0.481 e. The Kier molecular flexibility index (Phi) is 6.16. The van der Waals surface area contributed by atoms with Crippen LogP contribution >= 0.6 is 0 Å². The molecular weight excluding hydrogens is 430 g/mol. The van der Waals surface area contributed by atoms with Crippen LogP contribution in [0.1, 0.15) is 76.3 Å². The number of aliphatic carboxylic acids is 1. The van der Waals surface area contributed by atoms with E-state index in [1.54, 1.807) is 0 Å². The van der Waals surface area contributed by atoms with Gasteiger partial charge in [-0.1, -0.05) is 17.7 Å². The molecule has 8 nitrogen and oxygen atoms in total. The van der Waals surface area contributed by atoms with Gasteiger partial charge in [-0.25, -0.2) is 0 Å². The molecule has 0 aliphatic heterocycles. The predicted octanol–water partition coefficient (Wildman–Crippen LogP) is 4.14. The van der Waals surface area contributed by atoms with Gasteiger partial charge in [0.25, 0.3) is 0 Å². The van der Waals surface area contributed by atoms with Crippen molar-refractivity contribution in [3.63, 3.8) is 0 Å². The molecule has 2 unspecified atom stereocenters. The molecule has 2 atom stereocenters. The van der Waals surface area contributed by atoms with Crippen LogP contribution in [0.4, 0.5) is 0 Å². The normalized spacial score (nSPS) is 29.3. The van der Waals surface area contributed by atoms with Crippen LogP contribution in [0, 0.1) is 24.2 Å². The molecule has 2 aromatic heterocycles. The predicted molar refractivity (Wildman–Crippen MR) is 127 cm³/mol. The lowest BCUT2D eigenvalue weighted by atomic mass is 9.46. The first-order chi connectivity index (χ1) is 16.3. The third kappa shape index (κ3) is 5.00. The maximum Gasteiger partial charge on any atom is 0.303 e. The van der Waals surface area contributed by atoms with Crippen molar-refractivity contribution in [1.82, 2.24) is 25.3 Å². The second-order valence-electron chi connectivity index (χ2n) is 11.2. The first-order valence-corrected chi connectivity index (χ1v) is 12.7. The van der Waals surface area contributed by atoms with Gasteiger partial charge in [0.1, 0.15) is 5.69 Å². The third-order valence-corrected chi connectivity index (χ3v) is 8.09. The number of pyridine rings is 1. The monoisotopic (exact) mass is 465 g/mol. The van der Waals surface area contributed by atoms with E-state index in [9.17, 15) is 14.7 Å². The van der Waals surface area contributed by atoms with Gasteiger partial charge in [0.05, 0.1) is 18.3 Å². The van der Waals surface area contributed by atoms with Crippen molar-refractivity contribution in [1.29, 1.82) is 0 Å². The maximum atomic E-state index is 12.8. The molecule has 0 radical (unpaired) electrons. The van der Waals surface area contributed by atoms with E-state index in [0.717, 1.165) is 75.0 Å². The number of rotatable bonds is 10. The van der Waals surface area contributed by atoms with E-state index >= 15 is 0 Å². The molecule has 2 N–H and O–H groups in total. The zero-order valence-corrected chi connectivity index (χ0v) is 20.0. The second-order valence-corrected chi connectivity index (χ2v) is 11.2. The first-order valence-electron chi connectivity index (χ1n) is 12.7. The highest BCUT2D eigenvalue weighted by Gasteiger charge is 2.58. The van der Waals surface area contributed by atoms with Gasteiger partial charge < -0.3 is 10.4 Å². The SMILES string of the molecule is Cc1cccc(-c2cn(CCCCCC(=O)NC34CC5CC(CC(CC(=O)O)(C5)C3)C4)nn2)n1. The number of carbonyl (C=O) groups excluding carboxylic acids is 1. The molecule has 34 heavy (non-hydrogen) atoms. The topological polar surface area (TPSA) is 110 Å². The van der Waals surface area contributed by atoms with Gasteiger partial charge in [-0.05, 0) is 87.7 Å². The highest BCUT2D eigenvalue weighted by molar-refractivity contribution is 5.77. The molecule has 8 heteroatoms. The number of hydrogen-bond donors (Lipinski definition) is 2. The molecule has 182 valence electrons. The van der Waals surface area contributed by atoms with E-state index in [-0.39, 0.29) is 23.3 Å². The minimum absolute atomic E-state index is 0.103. The molecule has 4 saturated carbocycles. The lowest BCUT2D eigenvalue weighted by Gasteiger charge is -2.62. The van der Waals surface area contributed by atoms with Gasteiger partial charge >= 0.3 is 5.97 Å². The summed E-state index contributed by atoms with van der Waals surface area (Å²) >= 11 is 0. The summed E-state index contributed by atoms with van der Waals surface area (Å²) in [5, 5.41) is 21.3. The quantitative estimate of drug-likeness (QED) is 0.510. The van der Waals surface area contributed by atoms with Crippen molar-refractivity contribution < 1.29 is 14.7 Å². The lowest BCUT2D eigenvalue weighted by molar-refractivity contribution is -0.148. The van der Waals surface area contributed by atoms with Crippen molar-refractivity contribution >= 4 is 11.9 Å². The minimum Gasteiger partial charge on any atom is -0.481 e. The average Bonchev–Trinajstić information content (AvgIpc) is 3.20. The molecular formula is C26H35N5O3. The van der Waals surface area contributed by atoms with Gasteiger partial charge in [-0.3, -0.25) is 19.3 Å². The fourth-order valence-corrected chi connectivity index (χ4v) is 7.43. The molecule has 4 aliphatic carbocycles. The van der Waals surface area contributed by atoms with Crippen LogP contribution in [0.2, 0.25) is 0 Å². The zero-order chi connectivity index (χ0) is 23.8. The summed E-state index contributed by atoms with van der Waals surface area (Å²) in [4.78, 5) is 28.8. The Hall–Kier alpha value is -2.77. The van der Waals surface area contributed by atoms with Crippen LogP contribution in [0.5, 0.6) is 0 Å². The summed E-state index contributed by atoms with van der Waals surface area (Å²) in [6.45, 7) is 2.73. The van der Waals surface area contributed by atoms with E-state index in [0.29, 0.717) is 18.3 Å². The average molecular weight is 466 g/mol. The lowest BCUT2D eigenvalue weighted by Crippen LogP contribution is -2.63. The number of nitrogens with zero attached hydrogens (tertiary/aromatic N) is 4. The number of carbonyl (C=O) groups is 2. The van der Waals surface area contributed by atoms with E-state index in [4.69, 9.17) is 0 Å². The summed E-state index contributed by atoms with van der Waals surface area (Å²) in [6, 6.07) is 5.87. The second kappa shape index (κ2) is 9.12. The molecule has 4 fully saturated rings. The van der Waals surface area contributed by atoms with Crippen LogP contribution in [0.3, 0.4) is 0 Å². The molecule has 4 bridgehead atoms. The van der Waals surface area contributed by atoms with E-state index in [2.05, 4.69) is 20.6 Å². The Balaban J connectivity index is 1.07. The Bertz CT molecular complexity index is 1050. The summed E-state index contributed by atoms with van der Waals surface area (Å²) in [5.74, 6) is 0.575. The summed E-state index contributed by atoms with van der Waals surface area (Å²) in [6.07, 6.45) is 11.6. The molecule has 2 aromatic rings. The Labute approximate surface area is 200 Å². The number of nitrogens with one attached hydrogen (secondary N) is 1. The number of aromatic nitrogens is 4. The van der Waals surface area contributed by atoms with Gasteiger partial charge in [0.15, 0.2) is 0 Å². The van der Waals surface area contributed by atoms with E-state index < -0.39 is 5.97 Å². The van der Waals surface area contributed by atoms with Gasteiger partial charge in [-0.2, -0.15) is 0 Å². The molecule has 0 saturated heterocycles. The fourth-order valence-electron chi connectivity index (χ4n) is 7.43. The van der Waals surface area contributed by atoms with Gasteiger partial charge in [0, 0.05) is 24.2 Å². The number of aryl methyl sites for hydroxylation is 2. The summed E-state index contributed by atoms with van der Waals surface area (Å²) in [7, 11) is 0. The van der Waals surface area contributed by atoms with Crippen molar-refractivity contribution in [2.75, 3.05) is 0 Å². The van der Waals surface area contributed by atoms with Crippen molar-refractivity contribution in [2.24, 2.45) is 17.3 Å². The van der Waals surface area contributed by atoms with Crippen LogP contribution in [-0.4, -0.2) is 42.5 Å². The number of hydrogen-bond acceptors (Lipinski definition) is 5. The fraction of sp³-hybridized carbons (Fsp3) is 0.654. The van der Waals surface area contributed by atoms with Crippen LogP contribution in [-0.2, 0) is 16.1 Å². The molecule has 2 heterocycles. The first kappa shape index (κ1) is 23.0.